The third-order valence-electron chi connectivity index (χ3n) is 4.84. The lowest BCUT2D eigenvalue weighted by Gasteiger charge is -2.23. The second kappa shape index (κ2) is 10.1. The van der Waals surface area contributed by atoms with Gasteiger partial charge in [0.05, 0.1) is 6.61 Å². The second-order valence-corrected chi connectivity index (χ2v) is 8.58. The van der Waals surface area contributed by atoms with Crippen molar-refractivity contribution in [2.75, 3.05) is 6.61 Å². The molecule has 1 atom stereocenters. The Bertz CT molecular complexity index is 1090. The van der Waals surface area contributed by atoms with Crippen LogP contribution in [0.1, 0.15) is 24.7 Å². The maximum absolute atomic E-state index is 11.8. The van der Waals surface area contributed by atoms with E-state index < -0.39 is 6.03 Å². The quantitative estimate of drug-likeness (QED) is 0.485. The Morgan fingerprint density at radius 2 is 1.88 bits per heavy atom. The molecular weight excluding hydrogens is 450 g/mol. The van der Waals surface area contributed by atoms with Crippen LogP contribution in [0.2, 0.25) is 5.02 Å². The minimum atomic E-state index is -0.490. The standard InChI is InChI=1S/C22H22ClN5O3S/c1-2-31-18-9-7-17(8-10-18)28-19(11-16-12-20(29)25-21(30)24-16)26-27-22(28)32-13-14-3-5-15(23)6-4-14/h3-10,16H,2,11-13H2,1H3,(H2,24,25,29,30). The fraction of sp³-hybridized carbons (Fsp3) is 0.273. The van der Waals surface area contributed by atoms with Crippen molar-refractivity contribution in [2.24, 2.45) is 0 Å². The van der Waals surface area contributed by atoms with Gasteiger partial charge < -0.3 is 10.1 Å². The Labute approximate surface area is 194 Å². The van der Waals surface area contributed by atoms with Crippen LogP contribution in [0.3, 0.4) is 0 Å². The van der Waals surface area contributed by atoms with E-state index in [1.54, 1.807) is 11.8 Å². The van der Waals surface area contributed by atoms with Crippen LogP contribution in [0.25, 0.3) is 5.69 Å². The van der Waals surface area contributed by atoms with Crippen LogP contribution in [0.4, 0.5) is 4.79 Å². The molecule has 3 aromatic rings. The van der Waals surface area contributed by atoms with E-state index in [4.69, 9.17) is 16.3 Å². The number of benzene rings is 2. The molecule has 10 heteroatoms. The predicted octanol–water partition coefficient (Wildman–Crippen LogP) is 3.75. The first kappa shape index (κ1) is 22.2. The maximum Gasteiger partial charge on any atom is 0.321 e. The number of amides is 3. The van der Waals surface area contributed by atoms with Gasteiger partial charge in [0.1, 0.15) is 11.6 Å². The van der Waals surface area contributed by atoms with Crippen molar-refractivity contribution in [3.63, 3.8) is 0 Å². The number of urea groups is 1. The molecule has 0 bridgehead atoms. The number of hydrogen-bond donors (Lipinski definition) is 2. The van der Waals surface area contributed by atoms with Gasteiger partial charge in [-0.25, -0.2) is 4.79 Å². The van der Waals surface area contributed by atoms with Crippen molar-refractivity contribution in [1.82, 2.24) is 25.4 Å². The number of ether oxygens (including phenoxy) is 1. The van der Waals surface area contributed by atoms with Gasteiger partial charge in [0.15, 0.2) is 5.16 Å². The summed E-state index contributed by atoms with van der Waals surface area (Å²) in [5.41, 5.74) is 1.98. The summed E-state index contributed by atoms with van der Waals surface area (Å²) in [5.74, 6) is 1.82. The van der Waals surface area contributed by atoms with E-state index >= 15 is 0 Å². The van der Waals surface area contributed by atoms with Gasteiger partial charge in [0, 0.05) is 35.3 Å². The topological polar surface area (TPSA) is 98.1 Å². The highest BCUT2D eigenvalue weighted by molar-refractivity contribution is 7.98. The Morgan fingerprint density at radius 1 is 1.12 bits per heavy atom. The summed E-state index contributed by atoms with van der Waals surface area (Å²) in [4.78, 5) is 23.5. The van der Waals surface area contributed by atoms with Crippen LogP contribution in [-0.4, -0.2) is 39.4 Å². The summed E-state index contributed by atoms with van der Waals surface area (Å²) in [5, 5.41) is 15.2. The van der Waals surface area contributed by atoms with Gasteiger partial charge in [-0.3, -0.25) is 14.7 Å². The van der Waals surface area contributed by atoms with Crippen LogP contribution in [0.5, 0.6) is 5.75 Å². The van der Waals surface area contributed by atoms with Gasteiger partial charge in [-0.15, -0.1) is 10.2 Å². The molecule has 8 nitrogen and oxygen atoms in total. The van der Waals surface area contributed by atoms with Crippen LogP contribution in [0, 0.1) is 0 Å². The van der Waals surface area contributed by atoms with E-state index in [0.29, 0.717) is 34.8 Å². The molecule has 1 aliphatic heterocycles. The van der Waals surface area contributed by atoms with Gasteiger partial charge >= 0.3 is 6.03 Å². The van der Waals surface area contributed by atoms with Gasteiger partial charge in [0.25, 0.3) is 0 Å². The van der Waals surface area contributed by atoms with Crippen LogP contribution in [0.15, 0.2) is 53.7 Å². The Hall–Kier alpha value is -3.04. The first-order valence-electron chi connectivity index (χ1n) is 10.2. The molecule has 0 saturated carbocycles. The van der Waals surface area contributed by atoms with E-state index in [9.17, 15) is 9.59 Å². The number of rotatable bonds is 8. The lowest BCUT2D eigenvalue weighted by atomic mass is 10.1. The first-order valence-corrected chi connectivity index (χ1v) is 11.5. The molecule has 1 unspecified atom stereocenters. The number of carbonyl (C=O) groups is 2. The summed E-state index contributed by atoms with van der Waals surface area (Å²) in [6.45, 7) is 2.52. The number of aromatic nitrogens is 3. The number of thioether (sulfide) groups is 1. The second-order valence-electron chi connectivity index (χ2n) is 7.20. The molecule has 1 fully saturated rings. The molecule has 1 aliphatic rings. The van der Waals surface area contributed by atoms with Crippen molar-refractivity contribution in [3.05, 3.63) is 64.9 Å². The number of carbonyl (C=O) groups excluding carboxylic acids is 2. The average molecular weight is 472 g/mol. The van der Waals surface area contributed by atoms with E-state index in [0.717, 1.165) is 17.0 Å². The normalized spacial score (nSPS) is 15.9. The van der Waals surface area contributed by atoms with E-state index in [1.807, 2.05) is 60.0 Å². The highest BCUT2D eigenvalue weighted by atomic mass is 35.5. The number of imide groups is 1. The minimum absolute atomic E-state index is 0.190. The fourth-order valence-corrected chi connectivity index (χ4v) is 4.44. The number of halogens is 1. The fourth-order valence-electron chi connectivity index (χ4n) is 3.39. The molecule has 0 aliphatic carbocycles. The highest BCUT2D eigenvalue weighted by Crippen LogP contribution is 2.27. The molecule has 0 spiro atoms. The minimum Gasteiger partial charge on any atom is -0.494 e. The summed E-state index contributed by atoms with van der Waals surface area (Å²) in [6.07, 6.45) is 0.565. The smallest absolute Gasteiger partial charge is 0.321 e. The third kappa shape index (κ3) is 5.41. The SMILES string of the molecule is CCOc1ccc(-n2c(CC3CC(=O)NC(=O)N3)nnc2SCc2ccc(Cl)cc2)cc1. The van der Waals surface area contributed by atoms with Gasteiger partial charge in [0.2, 0.25) is 5.91 Å². The Balaban J connectivity index is 1.61. The lowest BCUT2D eigenvalue weighted by molar-refractivity contribution is -0.121. The van der Waals surface area contributed by atoms with E-state index in [2.05, 4.69) is 20.8 Å². The molecule has 1 saturated heterocycles. The van der Waals surface area contributed by atoms with Crippen molar-refractivity contribution in [3.8, 4) is 11.4 Å². The molecular formula is C22H22ClN5O3S. The van der Waals surface area contributed by atoms with Gasteiger partial charge in [-0.1, -0.05) is 35.5 Å². The van der Waals surface area contributed by atoms with Gasteiger partial charge in [-0.05, 0) is 48.9 Å². The summed E-state index contributed by atoms with van der Waals surface area (Å²) in [7, 11) is 0. The van der Waals surface area contributed by atoms with Crippen LogP contribution in [-0.2, 0) is 17.0 Å². The lowest BCUT2D eigenvalue weighted by Crippen LogP contribution is -2.53. The summed E-state index contributed by atoms with van der Waals surface area (Å²) in [6, 6.07) is 14.5. The Kier molecular flexibility index (Phi) is 6.96. The monoisotopic (exact) mass is 471 g/mol. The largest absolute Gasteiger partial charge is 0.494 e. The molecule has 2 aromatic carbocycles. The zero-order valence-electron chi connectivity index (χ0n) is 17.4. The first-order chi connectivity index (χ1) is 15.5. The number of nitrogens with zero attached hydrogens (tertiary/aromatic N) is 3. The zero-order valence-corrected chi connectivity index (χ0v) is 18.9. The summed E-state index contributed by atoms with van der Waals surface area (Å²) >= 11 is 7.53. The Morgan fingerprint density at radius 3 is 2.56 bits per heavy atom. The van der Waals surface area contributed by atoms with Gasteiger partial charge in [-0.2, -0.15) is 0 Å². The third-order valence-corrected chi connectivity index (χ3v) is 6.09. The number of hydrogen-bond acceptors (Lipinski definition) is 6. The van der Waals surface area contributed by atoms with Crippen LogP contribution >= 0.6 is 23.4 Å². The zero-order chi connectivity index (χ0) is 22.5. The molecule has 166 valence electrons. The maximum atomic E-state index is 11.8. The van der Waals surface area contributed by atoms with Crippen molar-refractivity contribution >= 4 is 35.3 Å². The predicted molar refractivity (Wildman–Crippen MR) is 122 cm³/mol. The molecule has 1 aromatic heterocycles. The van der Waals surface area contributed by atoms with E-state index in [1.165, 1.54) is 0 Å². The highest BCUT2D eigenvalue weighted by Gasteiger charge is 2.26. The summed E-state index contributed by atoms with van der Waals surface area (Å²) < 4.78 is 7.50. The average Bonchev–Trinajstić information content (AvgIpc) is 3.16. The molecule has 3 amide bonds. The van der Waals surface area contributed by atoms with Crippen molar-refractivity contribution in [2.45, 2.75) is 36.7 Å². The molecule has 0 radical (unpaired) electrons. The molecule has 4 rings (SSSR count). The van der Waals surface area contributed by atoms with Crippen molar-refractivity contribution in [1.29, 1.82) is 0 Å². The molecule has 32 heavy (non-hydrogen) atoms. The van der Waals surface area contributed by atoms with Crippen molar-refractivity contribution < 1.29 is 14.3 Å². The number of nitrogens with one attached hydrogen (secondary N) is 2. The van der Waals surface area contributed by atoms with Crippen LogP contribution < -0.4 is 15.4 Å². The van der Waals surface area contributed by atoms with E-state index in [-0.39, 0.29) is 18.4 Å². The molecule has 2 heterocycles. The molecule has 2 N–H and O–H groups in total.